The summed E-state index contributed by atoms with van der Waals surface area (Å²) < 4.78 is 9.63. The Balaban J connectivity index is 1.34. The van der Waals surface area contributed by atoms with E-state index in [0.717, 1.165) is 18.2 Å². The van der Waals surface area contributed by atoms with E-state index in [1.807, 2.05) is 0 Å². The third kappa shape index (κ3) is 3.51. The van der Waals surface area contributed by atoms with Crippen molar-refractivity contribution >= 4 is 31.0 Å². The van der Waals surface area contributed by atoms with Gasteiger partial charge in [0.2, 0.25) is 0 Å². The van der Waals surface area contributed by atoms with Crippen LogP contribution < -0.4 is 24.3 Å². The Morgan fingerprint density at radius 3 is 1.88 bits per heavy atom. The van der Waals surface area contributed by atoms with Crippen molar-refractivity contribution in [3.63, 3.8) is 0 Å². The number of hydrogen-bond acceptors (Lipinski definition) is 5. The topological polar surface area (TPSA) is 22.2 Å². The summed E-state index contributed by atoms with van der Waals surface area (Å²) in [5.74, 6) is 1.68. The molecule has 6 heteroatoms. The van der Waals surface area contributed by atoms with Gasteiger partial charge < -0.3 is 0 Å². The van der Waals surface area contributed by atoms with Crippen LogP contribution in [0.1, 0.15) is 41.7 Å². The monoisotopic (exact) mass is 829 g/mol. The zero-order valence-electron chi connectivity index (χ0n) is 28.0. The third-order valence-electron chi connectivity index (χ3n) is 11.2. The third-order valence-corrected chi connectivity index (χ3v) is 14.4. The molecule has 0 aromatic heterocycles. The van der Waals surface area contributed by atoms with Gasteiger partial charge in [-0.15, -0.1) is 0 Å². The molecule has 50 heavy (non-hydrogen) atoms. The van der Waals surface area contributed by atoms with Crippen LogP contribution in [0, 0.1) is 6.92 Å². The molecule has 0 saturated carbocycles. The maximum absolute atomic E-state index is 6.82. The van der Waals surface area contributed by atoms with Crippen LogP contribution >= 0.6 is 0 Å². The molecule has 0 amide bonds. The first-order valence-corrected chi connectivity index (χ1v) is 19.5. The zero-order chi connectivity index (χ0) is 33.4. The average Bonchev–Trinajstić information content (AvgIpc) is 3.75. The van der Waals surface area contributed by atoms with E-state index >= 15 is 0 Å². The second kappa shape index (κ2) is 9.93. The zero-order valence-corrected chi connectivity index (χ0v) is 30.3. The first kappa shape index (κ1) is 28.6. The Morgan fingerprint density at radius 2 is 1.14 bits per heavy atom. The molecule has 5 nitrogen and oxygen atoms in total. The second-order valence-corrected chi connectivity index (χ2v) is 16.8. The standard InChI is InChI=1S/C44H34N4O.Pt/c1-30-13-10-24-41-42(30)46-27-45-28-48(40-23-9-8-22-39(40)45)44(37-20-6-4-18-35(37)36-19-5-7-21-38(36)44)32-15-12-17-34(26-32)49-33-16-11-14-31(25-33)43(2,3)47(41)29-46;/h4-26H,27H2,1-3H3;. The van der Waals surface area contributed by atoms with Crippen LogP contribution in [-0.4, -0.2) is 15.0 Å². The summed E-state index contributed by atoms with van der Waals surface area (Å²) >= 11 is -0.746. The Hall–Kier alpha value is -5.25. The number of anilines is 4. The van der Waals surface area contributed by atoms with E-state index in [1.54, 1.807) is 0 Å². The summed E-state index contributed by atoms with van der Waals surface area (Å²) in [6.45, 7) is 7.76. The number of aryl methyl sites for hydroxylation is 1. The molecule has 0 fully saturated rings. The molecule has 0 radical (unpaired) electrons. The predicted octanol–water partition coefficient (Wildman–Crippen LogP) is 9.19. The molecule has 0 N–H and O–H groups in total. The van der Waals surface area contributed by atoms with E-state index < -0.39 is 23.2 Å². The van der Waals surface area contributed by atoms with Crippen LogP contribution in [0.25, 0.3) is 11.1 Å². The van der Waals surface area contributed by atoms with Gasteiger partial charge in [-0.25, -0.2) is 0 Å². The molecular weight excluding hydrogens is 796 g/mol. The quantitative estimate of drug-likeness (QED) is 0.152. The van der Waals surface area contributed by atoms with Gasteiger partial charge in [0, 0.05) is 0 Å². The molecule has 1 aliphatic carbocycles. The Bertz CT molecular complexity index is 2480. The van der Waals surface area contributed by atoms with Crippen molar-refractivity contribution in [1.82, 2.24) is 0 Å². The van der Waals surface area contributed by atoms with E-state index in [1.165, 1.54) is 70.0 Å². The summed E-state index contributed by atoms with van der Waals surface area (Å²) in [5.41, 5.74) is 13.0. The molecule has 6 aromatic carbocycles. The van der Waals surface area contributed by atoms with Crippen LogP contribution in [0.4, 0.5) is 22.7 Å². The average molecular weight is 830 g/mol. The van der Waals surface area contributed by atoms with E-state index in [4.69, 9.17) is 4.74 Å². The number of hydrogen-bond donors (Lipinski definition) is 0. The SMILES string of the molecule is Cc1cccc2c1N1CN3[C]4=[Pt]=[C]1N2C(C)(C)c1cccc(c1)Oc1cccc(c1)C1(c2ccccc2-c2ccccc21)N4c1ccccc13. The molecule has 4 heterocycles. The normalized spacial score (nSPS) is 18.1. The fourth-order valence-electron chi connectivity index (χ4n) is 8.98. The van der Waals surface area contributed by atoms with Gasteiger partial charge in [0.05, 0.1) is 0 Å². The first-order chi connectivity index (χ1) is 24.5. The van der Waals surface area contributed by atoms with Gasteiger partial charge in [-0.2, -0.15) is 0 Å². The number of rotatable bonds is 0. The molecule has 4 aliphatic heterocycles. The molecular formula is C44H34N4OPt. The Labute approximate surface area is 300 Å². The molecule has 0 unspecified atom stereocenters. The number of fused-ring (bicyclic) bond motifs is 17. The van der Waals surface area contributed by atoms with E-state index in [0.29, 0.717) is 0 Å². The van der Waals surface area contributed by atoms with Crippen molar-refractivity contribution in [1.29, 1.82) is 0 Å². The molecule has 6 bridgehead atoms. The van der Waals surface area contributed by atoms with Crippen LogP contribution in [0.15, 0.2) is 140 Å². The van der Waals surface area contributed by atoms with Crippen LogP contribution in [0.2, 0.25) is 0 Å². The van der Waals surface area contributed by atoms with Gasteiger partial charge in [-0.05, 0) is 0 Å². The van der Waals surface area contributed by atoms with Crippen LogP contribution in [0.5, 0.6) is 11.5 Å². The summed E-state index contributed by atoms with van der Waals surface area (Å²) in [7, 11) is 0. The van der Waals surface area contributed by atoms with Crippen LogP contribution in [-0.2, 0) is 28.7 Å². The van der Waals surface area contributed by atoms with E-state index in [9.17, 15) is 0 Å². The van der Waals surface area contributed by atoms with Gasteiger partial charge in [-0.3, -0.25) is 0 Å². The van der Waals surface area contributed by atoms with Crippen molar-refractivity contribution in [2.75, 3.05) is 26.3 Å². The second-order valence-electron chi connectivity index (χ2n) is 14.2. The minimum atomic E-state index is -0.746. The van der Waals surface area contributed by atoms with Crippen molar-refractivity contribution in [3.8, 4) is 22.6 Å². The number of benzene rings is 6. The molecule has 0 atom stereocenters. The van der Waals surface area contributed by atoms with Gasteiger partial charge in [0.1, 0.15) is 0 Å². The van der Waals surface area contributed by atoms with Crippen LogP contribution in [0.3, 0.4) is 0 Å². The Kier molecular flexibility index (Phi) is 5.67. The molecule has 5 aliphatic rings. The number of ether oxygens (including phenoxy) is 1. The molecule has 0 saturated heterocycles. The van der Waals surface area contributed by atoms with Gasteiger partial charge in [-0.1, -0.05) is 0 Å². The molecule has 11 rings (SSSR count). The van der Waals surface area contributed by atoms with E-state index in [2.05, 4.69) is 180 Å². The molecule has 246 valence electrons. The number of para-hydroxylation sites is 3. The van der Waals surface area contributed by atoms with Gasteiger partial charge in [0.15, 0.2) is 0 Å². The van der Waals surface area contributed by atoms with E-state index in [-0.39, 0.29) is 5.54 Å². The summed E-state index contributed by atoms with van der Waals surface area (Å²) in [4.78, 5) is 10.6. The molecule has 6 aromatic rings. The fourth-order valence-corrected chi connectivity index (χ4v) is 13.0. The van der Waals surface area contributed by atoms with Crippen molar-refractivity contribution in [2.45, 2.75) is 31.8 Å². The Morgan fingerprint density at radius 1 is 0.560 bits per heavy atom. The van der Waals surface area contributed by atoms with Crippen molar-refractivity contribution in [3.05, 3.63) is 167 Å². The summed E-state index contributed by atoms with van der Waals surface area (Å²) in [6.07, 6.45) is 0. The summed E-state index contributed by atoms with van der Waals surface area (Å²) in [5, 5.41) is 0. The van der Waals surface area contributed by atoms with Crippen molar-refractivity contribution < 1.29 is 22.4 Å². The maximum atomic E-state index is 6.82. The minimum absolute atomic E-state index is 0.346. The predicted molar refractivity (Wildman–Crippen MR) is 200 cm³/mol. The fraction of sp³-hybridized carbons (Fsp3) is 0.136. The number of nitrogens with zero attached hydrogens (tertiary/aromatic N) is 4. The molecule has 1 spiro atoms. The first-order valence-electron chi connectivity index (χ1n) is 17.2. The van der Waals surface area contributed by atoms with Crippen molar-refractivity contribution in [2.24, 2.45) is 0 Å². The van der Waals surface area contributed by atoms with Gasteiger partial charge >= 0.3 is 302 Å². The van der Waals surface area contributed by atoms with Gasteiger partial charge in [0.25, 0.3) is 0 Å². The summed E-state index contributed by atoms with van der Waals surface area (Å²) in [6, 6.07) is 51.6.